The molecule has 3 heteroatoms. The molecule has 1 aromatic rings. The summed E-state index contributed by atoms with van der Waals surface area (Å²) in [6, 6.07) is 2.26. The molecule has 1 aromatic heterocycles. The van der Waals surface area contributed by atoms with Gasteiger partial charge in [-0.25, -0.2) is 0 Å². The molecule has 0 amide bonds. The van der Waals surface area contributed by atoms with E-state index in [9.17, 15) is 5.11 Å². The van der Waals surface area contributed by atoms with Crippen LogP contribution in [0.5, 0.6) is 0 Å². The lowest BCUT2D eigenvalue weighted by atomic mass is 9.83. The number of hydrogen-bond donors (Lipinski definition) is 2. The highest BCUT2D eigenvalue weighted by Gasteiger charge is 2.24. The van der Waals surface area contributed by atoms with Crippen LogP contribution in [0, 0.1) is 19.3 Å². The molecular weight excluding hydrogens is 230 g/mol. The Morgan fingerprint density at radius 3 is 2.35 bits per heavy atom. The van der Waals surface area contributed by atoms with Crippen molar-refractivity contribution in [1.29, 1.82) is 0 Å². The Hall–Kier alpha value is -0.380. The number of aryl methyl sites for hydroxylation is 2. The van der Waals surface area contributed by atoms with E-state index in [0.29, 0.717) is 0 Å². The van der Waals surface area contributed by atoms with Gasteiger partial charge in [0.2, 0.25) is 0 Å². The summed E-state index contributed by atoms with van der Waals surface area (Å²) < 4.78 is 0. The van der Waals surface area contributed by atoms with Crippen LogP contribution in [0.2, 0.25) is 0 Å². The van der Waals surface area contributed by atoms with Gasteiger partial charge >= 0.3 is 0 Å². The fourth-order valence-electron chi connectivity index (χ4n) is 2.10. The zero-order valence-corrected chi connectivity index (χ0v) is 12.3. The van der Waals surface area contributed by atoms with Crippen molar-refractivity contribution >= 4 is 11.3 Å². The number of hydrogen-bond acceptors (Lipinski definition) is 3. The standard InChI is InChI=1S/C14H25NOS/c1-5-14(6-2,10-16)9-15-8-13-7-11(3)17-12(13)4/h7,15-16H,5-6,8-10H2,1-4H3. The van der Waals surface area contributed by atoms with E-state index in [0.717, 1.165) is 25.9 Å². The minimum Gasteiger partial charge on any atom is -0.396 e. The lowest BCUT2D eigenvalue weighted by Gasteiger charge is -2.29. The summed E-state index contributed by atoms with van der Waals surface area (Å²) in [5, 5.41) is 13.0. The molecule has 0 aromatic carbocycles. The van der Waals surface area contributed by atoms with E-state index in [-0.39, 0.29) is 12.0 Å². The van der Waals surface area contributed by atoms with Crippen molar-refractivity contribution < 1.29 is 5.11 Å². The topological polar surface area (TPSA) is 32.3 Å². The molecule has 2 N–H and O–H groups in total. The maximum atomic E-state index is 9.49. The Morgan fingerprint density at radius 1 is 1.29 bits per heavy atom. The molecular formula is C14H25NOS. The minimum absolute atomic E-state index is 0.0545. The average molecular weight is 255 g/mol. The summed E-state index contributed by atoms with van der Waals surface area (Å²) >= 11 is 1.86. The molecule has 1 heterocycles. The van der Waals surface area contributed by atoms with Gasteiger partial charge in [-0.2, -0.15) is 0 Å². The molecule has 0 saturated carbocycles. The summed E-state index contributed by atoms with van der Waals surface area (Å²) in [6.07, 6.45) is 2.04. The van der Waals surface area contributed by atoms with Crippen LogP contribution in [-0.4, -0.2) is 18.3 Å². The van der Waals surface area contributed by atoms with E-state index < -0.39 is 0 Å². The predicted molar refractivity (Wildman–Crippen MR) is 75.6 cm³/mol. The summed E-state index contributed by atoms with van der Waals surface area (Å²) in [6.45, 7) is 10.7. The monoisotopic (exact) mass is 255 g/mol. The lowest BCUT2D eigenvalue weighted by molar-refractivity contribution is 0.113. The second-order valence-corrected chi connectivity index (χ2v) is 6.37. The molecule has 17 heavy (non-hydrogen) atoms. The Morgan fingerprint density at radius 2 is 1.94 bits per heavy atom. The van der Waals surface area contributed by atoms with Gasteiger partial charge in [-0.1, -0.05) is 13.8 Å². The third-order valence-corrected chi connectivity index (χ3v) is 4.80. The second-order valence-electron chi connectivity index (χ2n) is 4.91. The summed E-state index contributed by atoms with van der Waals surface area (Å²) in [4.78, 5) is 2.77. The van der Waals surface area contributed by atoms with Crippen molar-refractivity contribution in [3.63, 3.8) is 0 Å². The third-order valence-electron chi connectivity index (χ3n) is 3.79. The van der Waals surface area contributed by atoms with Gasteiger partial charge in [-0.15, -0.1) is 11.3 Å². The highest BCUT2D eigenvalue weighted by atomic mass is 32.1. The molecule has 0 spiro atoms. The Kier molecular flexibility index (Phi) is 5.63. The van der Waals surface area contributed by atoms with Crippen molar-refractivity contribution in [2.24, 2.45) is 5.41 Å². The minimum atomic E-state index is 0.0545. The van der Waals surface area contributed by atoms with Crippen LogP contribution < -0.4 is 5.32 Å². The first kappa shape index (κ1) is 14.7. The normalized spacial score (nSPS) is 12.1. The van der Waals surface area contributed by atoms with Gasteiger partial charge in [0.25, 0.3) is 0 Å². The zero-order valence-electron chi connectivity index (χ0n) is 11.5. The number of rotatable bonds is 7. The molecule has 0 aliphatic carbocycles. The van der Waals surface area contributed by atoms with Crippen LogP contribution in [0.1, 0.15) is 42.0 Å². The fourth-order valence-corrected chi connectivity index (χ4v) is 3.05. The predicted octanol–water partition coefficient (Wildman–Crippen LogP) is 3.25. The van der Waals surface area contributed by atoms with Crippen LogP contribution >= 0.6 is 11.3 Å². The molecule has 2 nitrogen and oxygen atoms in total. The molecule has 0 atom stereocenters. The van der Waals surface area contributed by atoms with E-state index in [4.69, 9.17) is 0 Å². The molecule has 0 aliphatic rings. The number of aliphatic hydroxyl groups is 1. The molecule has 98 valence electrons. The van der Waals surface area contributed by atoms with Crippen LogP contribution in [0.25, 0.3) is 0 Å². The summed E-state index contributed by atoms with van der Waals surface area (Å²) in [5.74, 6) is 0. The molecule has 0 unspecified atom stereocenters. The third kappa shape index (κ3) is 3.80. The highest BCUT2D eigenvalue weighted by molar-refractivity contribution is 7.12. The van der Waals surface area contributed by atoms with Crippen LogP contribution in [0.15, 0.2) is 6.07 Å². The number of thiophene rings is 1. The van der Waals surface area contributed by atoms with Crippen LogP contribution in [0.4, 0.5) is 0 Å². The van der Waals surface area contributed by atoms with E-state index in [1.165, 1.54) is 15.3 Å². The second kappa shape index (κ2) is 6.53. The van der Waals surface area contributed by atoms with Gasteiger partial charge in [0, 0.05) is 34.9 Å². The molecule has 1 rings (SSSR count). The Balaban J connectivity index is 2.49. The van der Waals surface area contributed by atoms with Gasteiger partial charge in [0.05, 0.1) is 0 Å². The van der Waals surface area contributed by atoms with Crippen LogP contribution in [-0.2, 0) is 6.54 Å². The maximum Gasteiger partial charge on any atom is 0.0499 e. The van der Waals surface area contributed by atoms with Gasteiger partial charge in [-0.05, 0) is 38.3 Å². The molecule has 0 radical (unpaired) electrons. The van der Waals surface area contributed by atoms with E-state index in [1.54, 1.807) is 0 Å². The van der Waals surface area contributed by atoms with Gasteiger partial charge < -0.3 is 10.4 Å². The smallest absolute Gasteiger partial charge is 0.0499 e. The van der Waals surface area contributed by atoms with Crippen molar-refractivity contribution in [2.75, 3.05) is 13.2 Å². The van der Waals surface area contributed by atoms with Gasteiger partial charge in [-0.3, -0.25) is 0 Å². The first-order valence-electron chi connectivity index (χ1n) is 6.44. The average Bonchev–Trinajstić information content (AvgIpc) is 2.64. The summed E-state index contributed by atoms with van der Waals surface area (Å²) in [7, 11) is 0. The SMILES string of the molecule is CCC(CC)(CO)CNCc1cc(C)sc1C. The molecule has 0 aliphatic heterocycles. The van der Waals surface area contributed by atoms with Crippen molar-refractivity contribution in [2.45, 2.75) is 47.1 Å². The first-order valence-corrected chi connectivity index (χ1v) is 7.26. The molecule has 0 saturated heterocycles. The molecule has 0 fully saturated rings. The largest absolute Gasteiger partial charge is 0.396 e. The fraction of sp³-hybridized carbons (Fsp3) is 0.714. The van der Waals surface area contributed by atoms with E-state index in [2.05, 4.69) is 39.1 Å². The molecule has 0 bridgehead atoms. The van der Waals surface area contributed by atoms with Crippen molar-refractivity contribution in [3.05, 3.63) is 21.4 Å². The lowest BCUT2D eigenvalue weighted by Crippen LogP contribution is -2.36. The first-order chi connectivity index (χ1) is 8.06. The maximum absolute atomic E-state index is 9.49. The van der Waals surface area contributed by atoms with E-state index >= 15 is 0 Å². The Bertz CT molecular complexity index is 334. The number of aliphatic hydroxyl groups excluding tert-OH is 1. The van der Waals surface area contributed by atoms with Crippen molar-refractivity contribution in [1.82, 2.24) is 5.32 Å². The summed E-state index contributed by atoms with van der Waals surface area (Å²) in [5.41, 5.74) is 1.45. The number of nitrogens with one attached hydrogen (secondary N) is 1. The van der Waals surface area contributed by atoms with Crippen molar-refractivity contribution in [3.8, 4) is 0 Å². The Labute approximate surface area is 109 Å². The van der Waals surface area contributed by atoms with Gasteiger partial charge in [0.1, 0.15) is 0 Å². The van der Waals surface area contributed by atoms with Gasteiger partial charge in [0.15, 0.2) is 0 Å². The zero-order chi connectivity index (χ0) is 12.9. The van der Waals surface area contributed by atoms with E-state index in [1.807, 2.05) is 11.3 Å². The highest BCUT2D eigenvalue weighted by Crippen LogP contribution is 2.25. The quantitative estimate of drug-likeness (QED) is 0.784. The van der Waals surface area contributed by atoms with Crippen LogP contribution in [0.3, 0.4) is 0 Å².